The van der Waals surface area contributed by atoms with Crippen LogP contribution in [0.25, 0.3) is 0 Å². The third-order valence-electron chi connectivity index (χ3n) is 3.24. The van der Waals surface area contributed by atoms with Crippen molar-refractivity contribution < 1.29 is 4.39 Å². The molecule has 0 radical (unpaired) electrons. The Hall–Kier alpha value is -1.26. The third-order valence-corrected chi connectivity index (χ3v) is 4.34. The molecule has 1 N–H and O–H groups in total. The van der Waals surface area contributed by atoms with E-state index in [-0.39, 0.29) is 5.82 Å². The highest BCUT2D eigenvalue weighted by Crippen LogP contribution is 2.22. The quantitative estimate of drug-likeness (QED) is 0.830. The molecule has 0 spiro atoms. The van der Waals surface area contributed by atoms with Crippen molar-refractivity contribution in [1.29, 1.82) is 0 Å². The smallest absolute Gasteiger partial charge is 0.123 e. The molecule has 0 fully saturated rings. The summed E-state index contributed by atoms with van der Waals surface area (Å²) in [5, 5.41) is 4.54. The van der Waals surface area contributed by atoms with Gasteiger partial charge in [0.15, 0.2) is 0 Å². The molecule has 2 aromatic rings. The van der Waals surface area contributed by atoms with Crippen LogP contribution >= 0.6 is 11.3 Å². The number of thiazole rings is 1. The second-order valence-corrected chi connectivity index (χ2v) is 6.83. The molecule has 2 nitrogen and oxygen atoms in total. The number of halogens is 1. The van der Waals surface area contributed by atoms with Crippen LogP contribution in [0, 0.1) is 11.7 Å². The van der Waals surface area contributed by atoms with Crippen molar-refractivity contribution in [1.82, 2.24) is 10.3 Å². The summed E-state index contributed by atoms with van der Waals surface area (Å²) in [4.78, 5) is 6.02. The van der Waals surface area contributed by atoms with Gasteiger partial charge in [-0.1, -0.05) is 32.9 Å². The first-order valence-corrected chi connectivity index (χ1v) is 8.32. The lowest BCUT2D eigenvalue weighted by Gasteiger charge is -2.06. The zero-order valence-corrected chi connectivity index (χ0v) is 13.8. The van der Waals surface area contributed by atoms with Crippen molar-refractivity contribution in [3.05, 3.63) is 51.2 Å². The lowest BCUT2D eigenvalue weighted by molar-refractivity contribution is 0.553. The first-order valence-electron chi connectivity index (χ1n) is 7.51. The first-order chi connectivity index (χ1) is 10.1. The van der Waals surface area contributed by atoms with E-state index in [1.165, 1.54) is 16.6 Å². The molecular formula is C17H23FN2S. The Morgan fingerprint density at radius 2 is 2.14 bits per heavy atom. The summed E-state index contributed by atoms with van der Waals surface area (Å²) in [7, 11) is 0. The van der Waals surface area contributed by atoms with E-state index in [1.807, 2.05) is 6.07 Å². The number of aromatic nitrogens is 1. The Balaban J connectivity index is 2.05. The van der Waals surface area contributed by atoms with Gasteiger partial charge in [-0.05, 0) is 36.6 Å². The number of hydrogen-bond acceptors (Lipinski definition) is 3. The normalized spacial score (nSPS) is 11.3. The predicted molar refractivity (Wildman–Crippen MR) is 87.2 cm³/mol. The van der Waals surface area contributed by atoms with Crippen LogP contribution in [0.3, 0.4) is 0 Å². The summed E-state index contributed by atoms with van der Waals surface area (Å²) in [5.41, 5.74) is 2.15. The van der Waals surface area contributed by atoms with Crippen LogP contribution in [0.15, 0.2) is 24.3 Å². The van der Waals surface area contributed by atoms with Gasteiger partial charge in [0.2, 0.25) is 0 Å². The Labute approximate surface area is 130 Å². The number of hydrogen-bond donors (Lipinski definition) is 1. The van der Waals surface area contributed by atoms with Gasteiger partial charge in [-0.2, -0.15) is 0 Å². The van der Waals surface area contributed by atoms with Crippen LogP contribution in [0.4, 0.5) is 4.39 Å². The van der Waals surface area contributed by atoms with Crippen molar-refractivity contribution in [2.75, 3.05) is 6.54 Å². The van der Waals surface area contributed by atoms with Gasteiger partial charge in [0.1, 0.15) is 5.82 Å². The van der Waals surface area contributed by atoms with Gasteiger partial charge in [0.25, 0.3) is 0 Å². The van der Waals surface area contributed by atoms with Crippen molar-refractivity contribution in [2.24, 2.45) is 5.92 Å². The maximum Gasteiger partial charge on any atom is 0.123 e. The van der Waals surface area contributed by atoms with E-state index in [0.717, 1.165) is 30.1 Å². The molecule has 0 aliphatic carbocycles. The summed E-state index contributed by atoms with van der Waals surface area (Å²) in [5.74, 6) is 0.466. The van der Waals surface area contributed by atoms with Crippen molar-refractivity contribution in [2.45, 2.75) is 40.2 Å². The SMILES string of the molecule is CCc1nc(Cc2cccc(F)c2)sc1CNCC(C)C. The minimum atomic E-state index is -0.182. The lowest BCUT2D eigenvalue weighted by atomic mass is 10.1. The van der Waals surface area contributed by atoms with E-state index in [9.17, 15) is 4.39 Å². The lowest BCUT2D eigenvalue weighted by Crippen LogP contribution is -2.18. The maximum atomic E-state index is 13.2. The van der Waals surface area contributed by atoms with Crippen LogP contribution < -0.4 is 5.32 Å². The van der Waals surface area contributed by atoms with Crippen LogP contribution in [-0.4, -0.2) is 11.5 Å². The molecule has 0 saturated heterocycles. The molecule has 2 rings (SSSR count). The molecule has 1 aromatic carbocycles. The minimum Gasteiger partial charge on any atom is -0.312 e. The summed E-state index contributed by atoms with van der Waals surface area (Å²) in [6, 6.07) is 6.77. The van der Waals surface area contributed by atoms with Crippen molar-refractivity contribution in [3.8, 4) is 0 Å². The monoisotopic (exact) mass is 306 g/mol. The van der Waals surface area contributed by atoms with E-state index in [2.05, 4.69) is 26.1 Å². The Kier molecular flexibility index (Phi) is 5.88. The molecule has 21 heavy (non-hydrogen) atoms. The Bertz CT molecular complexity index is 578. The molecule has 0 saturated carbocycles. The number of nitrogens with one attached hydrogen (secondary N) is 1. The molecule has 0 bridgehead atoms. The molecule has 0 aliphatic heterocycles. The van der Waals surface area contributed by atoms with Crippen LogP contribution in [0.5, 0.6) is 0 Å². The molecule has 0 aliphatic rings. The maximum absolute atomic E-state index is 13.2. The first kappa shape index (κ1) is 16.1. The number of benzene rings is 1. The molecule has 4 heteroatoms. The zero-order chi connectivity index (χ0) is 15.2. The summed E-state index contributed by atoms with van der Waals surface area (Å²) in [6.45, 7) is 8.43. The molecule has 0 atom stereocenters. The highest BCUT2D eigenvalue weighted by molar-refractivity contribution is 7.11. The molecule has 1 heterocycles. The number of aryl methyl sites for hydroxylation is 1. The predicted octanol–water partition coefficient (Wildman–Crippen LogP) is 4.18. The van der Waals surface area contributed by atoms with Gasteiger partial charge in [-0.15, -0.1) is 11.3 Å². The van der Waals surface area contributed by atoms with Gasteiger partial charge >= 0.3 is 0 Å². The third kappa shape index (κ3) is 4.90. The average Bonchev–Trinajstić information content (AvgIpc) is 2.80. The van der Waals surface area contributed by atoms with Gasteiger partial charge in [-0.3, -0.25) is 0 Å². The van der Waals surface area contributed by atoms with Crippen LogP contribution in [-0.2, 0) is 19.4 Å². The number of nitrogens with zero attached hydrogens (tertiary/aromatic N) is 1. The second-order valence-electron chi connectivity index (χ2n) is 5.66. The van der Waals surface area contributed by atoms with E-state index in [4.69, 9.17) is 4.98 Å². The van der Waals surface area contributed by atoms with Gasteiger partial charge in [0, 0.05) is 17.8 Å². The fraction of sp³-hybridized carbons (Fsp3) is 0.471. The van der Waals surface area contributed by atoms with Gasteiger partial charge in [-0.25, -0.2) is 9.37 Å². The highest BCUT2D eigenvalue weighted by atomic mass is 32.1. The zero-order valence-electron chi connectivity index (χ0n) is 12.9. The highest BCUT2D eigenvalue weighted by Gasteiger charge is 2.10. The van der Waals surface area contributed by atoms with Crippen LogP contribution in [0.2, 0.25) is 0 Å². The minimum absolute atomic E-state index is 0.182. The topological polar surface area (TPSA) is 24.9 Å². The average molecular weight is 306 g/mol. The second kappa shape index (κ2) is 7.66. The summed E-state index contributed by atoms with van der Waals surface area (Å²) in [6.07, 6.45) is 1.65. The molecule has 0 amide bonds. The molecular weight excluding hydrogens is 283 g/mol. The number of rotatable bonds is 7. The van der Waals surface area contributed by atoms with Gasteiger partial charge < -0.3 is 5.32 Å². The standard InChI is InChI=1S/C17H23FN2S/c1-4-15-16(11-19-10-12(2)3)21-17(20-15)9-13-6-5-7-14(18)8-13/h5-8,12,19H,4,9-11H2,1-3H3. The van der Waals surface area contributed by atoms with E-state index in [1.54, 1.807) is 23.5 Å². The summed E-state index contributed by atoms with van der Waals surface area (Å²) >= 11 is 1.74. The molecule has 1 aromatic heterocycles. The Morgan fingerprint density at radius 3 is 2.81 bits per heavy atom. The van der Waals surface area contributed by atoms with E-state index >= 15 is 0 Å². The van der Waals surface area contributed by atoms with Gasteiger partial charge in [0.05, 0.1) is 10.7 Å². The van der Waals surface area contributed by atoms with Crippen molar-refractivity contribution >= 4 is 11.3 Å². The fourth-order valence-electron chi connectivity index (χ4n) is 2.22. The summed E-state index contributed by atoms with van der Waals surface area (Å²) < 4.78 is 13.2. The molecule has 0 unspecified atom stereocenters. The largest absolute Gasteiger partial charge is 0.312 e. The fourth-order valence-corrected chi connectivity index (χ4v) is 3.38. The van der Waals surface area contributed by atoms with E-state index < -0.39 is 0 Å². The van der Waals surface area contributed by atoms with E-state index in [0.29, 0.717) is 12.3 Å². The Morgan fingerprint density at radius 1 is 1.33 bits per heavy atom. The van der Waals surface area contributed by atoms with Crippen LogP contribution in [0.1, 0.15) is 41.9 Å². The molecule has 114 valence electrons. The van der Waals surface area contributed by atoms with Crippen molar-refractivity contribution in [3.63, 3.8) is 0 Å².